The van der Waals surface area contributed by atoms with Crippen LogP contribution in [0.4, 0.5) is 8.78 Å². The molecule has 10 heteroatoms. The van der Waals surface area contributed by atoms with Crippen LogP contribution in [0.2, 0.25) is 0 Å². The second-order valence-corrected chi connectivity index (χ2v) is 8.49. The van der Waals surface area contributed by atoms with Gasteiger partial charge in [0, 0.05) is 32.0 Å². The SMILES string of the molecule is CN=C(NCc1ccc(F)c(CO)c1)NCc1cc(F)ccc1CS(C)(=O)=O.I. The van der Waals surface area contributed by atoms with Crippen LogP contribution in [0.5, 0.6) is 0 Å². The first-order valence-electron chi connectivity index (χ1n) is 8.49. The van der Waals surface area contributed by atoms with Crippen LogP contribution in [-0.2, 0) is 35.3 Å². The van der Waals surface area contributed by atoms with Gasteiger partial charge in [0.05, 0.1) is 12.4 Å². The average molecular weight is 539 g/mol. The Morgan fingerprint density at radius 3 is 2.34 bits per heavy atom. The second-order valence-electron chi connectivity index (χ2n) is 6.35. The lowest BCUT2D eigenvalue weighted by atomic mass is 10.1. The summed E-state index contributed by atoms with van der Waals surface area (Å²) in [7, 11) is -1.70. The first kappa shape index (κ1) is 25.2. The van der Waals surface area contributed by atoms with E-state index in [0.29, 0.717) is 23.6 Å². The molecule has 0 bridgehead atoms. The molecule has 2 aromatic carbocycles. The molecule has 3 N–H and O–H groups in total. The third-order valence-corrected chi connectivity index (χ3v) is 4.83. The van der Waals surface area contributed by atoms with Crippen LogP contribution < -0.4 is 10.6 Å². The highest BCUT2D eigenvalue weighted by Crippen LogP contribution is 2.14. The van der Waals surface area contributed by atoms with Gasteiger partial charge in [0.1, 0.15) is 11.6 Å². The first-order valence-corrected chi connectivity index (χ1v) is 10.6. The summed E-state index contributed by atoms with van der Waals surface area (Å²) in [5, 5.41) is 15.2. The van der Waals surface area contributed by atoms with E-state index in [1.807, 2.05) is 0 Å². The number of guanidine groups is 1. The maximum Gasteiger partial charge on any atom is 0.191 e. The van der Waals surface area contributed by atoms with E-state index in [1.165, 1.54) is 24.3 Å². The Balaban J connectivity index is 0.00000420. The molecule has 0 saturated carbocycles. The molecule has 29 heavy (non-hydrogen) atoms. The van der Waals surface area contributed by atoms with Crippen LogP contribution in [0.25, 0.3) is 0 Å². The van der Waals surface area contributed by atoms with E-state index in [0.717, 1.165) is 11.8 Å². The van der Waals surface area contributed by atoms with E-state index in [4.69, 9.17) is 5.11 Å². The molecule has 0 atom stereocenters. The highest BCUT2D eigenvalue weighted by molar-refractivity contribution is 14.0. The summed E-state index contributed by atoms with van der Waals surface area (Å²) >= 11 is 0. The van der Waals surface area contributed by atoms with Crippen molar-refractivity contribution < 1.29 is 22.3 Å². The molecule has 0 unspecified atom stereocenters. The summed E-state index contributed by atoms with van der Waals surface area (Å²) in [5.41, 5.74) is 1.97. The summed E-state index contributed by atoms with van der Waals surface area (Å²) in [6.45, 7) is 0.106. The summed E-state index contributed by atoms with van der Waals surface area (Å²) in [5.74, 6) is -0.710. The molecule has 160 valence electrons. The molecule has 2 aromatic rings. The topological polar surface area (TPSA) is 90.8 Å². The Bertz CT molecular complexity index is 969. The van der Waals surface area contributed by atoms with Gasteiger partial charge in [0.2, 0.25) is 0 Å². The fraction of sp³-hybridized carbons (Fsp3) is 0.316. The molecule has 0 amide bonds. The molecule has 0 radical (unpaired) electrons. The third kappa shape index (κ3) is 8.23. The monoisotopic (exact) mass is 539 g/mol. The Kier molecular flexibility index (Phi) is 9.93. The summed E-state index contributed by atoms with van der Waals surface area (Å²) < 4.78 is 50.2. The number of hydrogen-bond donors (Lipinski definition) is 3. The molecular weight excluding hydrogens is 515 g/mol. The highest BCUT2D eigenvalue weighted by Gasteiger charge is 2.11. The predicted molar refractivity (Wildman–Crippen MR) is 120 cm³/mol. The lowest BCUT2D eigenvalue weighted by molar-refractivity contribution is 0.275. The van der Waals surface area contributed by atoms with Crippen LogP contribution >= 0.6 is 24.0 Å². The van der Waals surface area contributed by atoms with Crippen LogP contribution in [0.1, 0.15) is 22.3 Å². The van der Waals surface area contributed by atoms with Crippen LogP contribution in [0.3, 0.4) is 0 Å². The lowest BCUT2D eigenvalue weighted by Gasteiger charge is -2.15. The molecule has 2 rings (SSSR count). The largest absolute Gasteiger partial charge is 0.392 e. The fourth-order valence-electron chi connectivity index (χ4n) is 2.63. The zero-order valence-corrected chi connectivity index (χ0v) is 19.2. The van der Waals surface area contributed by atoms with Crippen molar-refractivity contribution in [3.05, 3.63) is 70.3 Å². The summed E-state index contributed by atoms with van der Waals surface area (Å²) in [6.07, 6.45) is 1.12. The van der Waals surface area contributed by atoms with Gasteiger partial charge in [-0.1, -0.05) is 12.1 Å². The van der Waals surface area contributed by atoms with Gasteiger partial charge in [-0.2, -0.15) is 0 Å². The minimum Gasteiger partial charge on any atom is -0.392 e. The van der Waals surface area contributed by atoms with Gasteiger partial charge >= 0.3 is 0 Å². The van der Waals surface area contributed by atoms with E-state index in [-0.39, 0.29) is 41.8 Å². The fourth-order valence-corrected chi connectivity index (χ4v) is 3.47. The smallest absolute Gasteiger partial charge is 0.191 e. The number of sulfone groups is 1. The van der Waals surface area contributed by atoms with Crippen LogP contribution in [0, 0.1) is 11.6 Å². The number of halogens is 3. The van der Waals surface area contributed by atoms with Crippen molar-refractivity contribution in [3.63, 3.8) is 0 Å². The van der Waals surface area contributed by atoms with Crippen molar-refractivity contribution in [2.24, 2.45) is 4.99 Å². The molecule has 0 heterocycles. The summed E-state index contributed by atoms with van der Waals surface area (Å²) in [6, 6.07) is 8.39. The number of aliphatic hydroxyl groups is 1. The normalized spacial score (nSPS) is 11.7. The number of aliphatic imine (C=N–C) groups is 1. The third-order valence-electron chi connectivity index (χ3n) is 4.00. The molecule has 0 fully saturated rings. The molecule has 0 aliphatic carbocycles. The van der Waals surface area contributed by atoms with E-state index < -0.39 is 28.1 Å². The summed E-state index contributed by atoms with van der Waals surface area (Å²) in [4.78, 5) is 4.06. The van der Waals surface area contributed by atoms with Crippen molar-refractivity contribution in [1.29, 1.82) is 0 Å². The Labute approximate surface area is 186 Å². The number of nitrogens with one attached hydrogen (secondary N) is 2. The Hall–Kier alpha value is -1.79. The molecule has 0 aliphatic rings. The van der Waals surface area contributed by atoms with E-state index in [9.17, 15) is 17.2 Å². The molecule has 6 nitrogen and oxygen atoms in total. The standard InChI is InChI=1S/C19H23F2N3O3S.HI/c1-22-19(23-9-13-3-6-18(21)16(7-13)11-25)24-10-15-8-17(20)5-4-14(15)12-28(2,26)27;/h3-8,25H,9-12H2,1-2H3,(H2,22,23,24);1H. The number of nitrogens with zero attached hydrogens (tertiary/aromatic N) is 1. The maximum atomic E-state index is 13.6. The Morgan fingerprint density at radius 1 is 1.03 bits per heavy atom. The van der Waals surface area contributed by atoms with Gasteiger partial charge < -0.3 is 15.7 Å². The van der Waals surface area contributed by atoms with E-state index >= 15 is 0 Å². The molecule has 0 spiro atoms. The van der Waals surface area contributed by atoms with Gasteiger partial charge in [-0.3, -0.25) is 4.99 Å². The van der Waals surface area contributed by atoms with Crippen molar-refractivity contribution in [1.82, 2.24) is 10.6 Å². The Morgan fingerprint density at radius 2 is 1.72 bits per heavy atom. The maximum absolute atomic E-state index is 13.6. The minimum absolute atomic E-state index is 0. The lowest BCUT2D eigenvalue weighted by Crippen LogP contribution is -2.36. The van der Waals surface area contributed by atoms with Gasteiger partial charge in [-0.25, -0.2) is 17.2 Å². The van der Waals surface area contributed by atoms with Crippen molar-refractivity contribution in [2.45, 2.75) is 25.4 Å². The van der Waals surface area contributed by atoms with Crippen LogP contribution in [0.15, 0.2) is 41.4 Å². The molecular formula is C19H24F2IN3O3S. The number of aliphatic hydroxyl groups excluding tert-OH is 1. The van der Waals surface area contributed by atoms with Gasteiger partial charge in [-0.05, 0) is 41.0 Å². The molecule has 0 saturated heterocycles. The van der Waals surface area contributed by atoms with Gasteiger partial charge in [0.15, 0.2) is 15.8 Å². The molecule has 0 aromatic heterocycles. The highest BCUT2D eigenvalue weighted by atomic mass is 127. The van der Waals surface area contributed by atoms with Crippen LogP contribution in [-0.4, -0.2) is 32.8 Å². The van der Waals surface area contributed by atoms with E-state index in [1.54, 1.807) is 19.2 Å². The zero-order chi connectivity index (χ0) is 20.7. The molecule has 0 aliphatic heterocycles. The van der Waals surface area contributed by atoms with Gasteiger partial charge in [-0.15, -0.1) is 24.0 Å². The van der Waals surface area contributed by atoms with Crippen molar-refractivity contribution in [3.8, 4) is 0 Å². The number of hydrogen-bond acceptors (Lipinski definition) is 4. The van der Waals surface area contributed by atoms with E-state index in [2.05, 4.69) is 15.6 Å². The van der Waals surface area contributed by atoms with Crippen molar-refractivity contribution >= 4 is 39.8 Å². The minimum atomic E-state index is -3.26. The predicted octanol–water partition coefficient (Wildman–Crippen LogP) is 2.48. The second kappa shape index (κ2) is 11.4. The zero-order valence-electron chi connectivity index (χ0n) is 16.1. The van der Waals surface area contributed by atoms with Gasteiger partial charge in [0.25, 0.3) is 0 Å². The first-order chi connectivity index (χ1) is 13.2. The number of benzene rings is 2. The average Bonchev–Trinajstić information content (AvgIpc) is 2.64. The quantitative estimate of drug-likeness (QED) is 0.286. The van der Waals surface area contributed by atoms with Crippen molar-refractivity contribution in [2.75, 3.05) is 13.3 Å². The number of rotatable bonds is 7.